The van der Waals surface area contributed by atoms with Crippen LogP contribution in [0.1, 0.15) is 28.6 Å². The van der Waals surface area contributed by atoms with Gasteiger partial charge in [-0.1, -0.05) is 30.3 Å². The van der Waals surface area contributed by atoms with Gasteiger partial charge in [0.25, 0.3) is 0 Å². The Labute approximate surface area is 146 Å². The van der Waals surface area contributed by atoms with Crippen molar-refractivity contribution in [1.82, 2.24) is 0 Å². The zero-order chi connectivity index (χ0) is 17.8. The number of hydrogen-bond acceptors (Lipinski definition) is 5. The summed E-state index contributed by atoms with van der Waals surface area (Å²) in [7, 11) is 1.63. The highest BCUT2D eigenvalue weighted by molar-refractivity contribution is 5.97. The van der Waals surface area contributed by atoms with Crippen LogP contribution in [0.3, 0.4) is 0 Å². The van der Waals surface area contributed by atoms with E-state index in [1.54, 1.807) is 14.0 Å². The molecule has 0 saturated heterocycles. The zero-order valence-electron chi connectivity index (χ0n) is 14.6. The summed E-state index contributed by atoms with van der Waals surface area (Å²) in [5.74, 6) is 0.535. The van der Waals surface area contributed by atoms with E-state index in [9.17, 15) is 4.79 Å². The first-order chi connectivity index (χ1) is 12.2. The lowest BCUT2D eigenvalue weighted by atomic mass is 10.1. The van der Waals surface area contributed by atoms with E-state index in [1.807, 2.05) is 49.4 Å². The van der Waals surface area contributed by atoms with Gasteiger partial charge in [0, 0.05) is 17.5 Å². The third-order valence-electron chi connectivity index (χ3n) is 4.04. The first kappa shape index (κ1) is 16.9. The van der Waals surface area contributed by atoms with Crippen LogP contribution in [0, 0.1) is 6.92 Å². The third-order valence-corrected chi connectivity index (χ3v) is 4.04. The number of hydrogen-bond donors (Lipinski definition) is 1. The van der Waals surface area contributed by atoms with Gasteiger partial charge in [0.15, 0.2) is 0 Å². The van der Waals surface area contributed by atoms with Crippen LogP contribution in [0.4, 0.5) is 5.69 Å². The summed E-state index contributed by atoms with van der Waals surface area (Å²) in [6, 6.07) is 13.5. The van der Waals surface area contributed by atoms with Gasteiger partial charge in [-0.3, -0.25) is 0 Å². The molecule has 0 saturated carbocycles. The van der Waals surface area contributed by atoms with Gasteiger partial charge in [0.1, 0.15) is 11.3 Å². The fourth-order valence-corrected chi connectivity index (χ4v) is 2.82. The van der Waals surface area contributed by atoms with Gasteiger partial charge < -0.3 is 19.2 Å². The van der Waals surface area contributed by atoms with Crippen molar-refractivity contribution in [3.05, 3.63) is 59.4 Å². The Bertz CT molecular complexity index is 898. The highest BCUT2D eigenvalue weighted by Crippen LogP contribution is 2.31. The van der Waals surface area contributed by atoms with Crippen LogP contribution < -0.4 is 10.1 Å². The van der Waals surface area contributed by atoms with E-state index < -0.39 is 5.97 Å². The Morgan fingerprint density at radius 3 is 2.72 bits per heavy atom. The van der Waals surface area contributed by atoms with Gasteiger partial charge in [0.2, 0.25) is 5.76 Å². The van der Waals surface area contributed by atoms with Crippen LogP contribution in [-0.2, 0) is 11.3 Å². The molecule has 0 spiro atoms. The van der Waals surface area contributed by atoms with Crippen LogP contribution in [0.25, 0.3) is 11.0 Å². The summed E-state index contributed by atoms with van der Waals surface area (Å²) in [4.78, 5) is 12.3. The number of furan rings is 1. The van der Waals surface area contributed by atoms with E-state index in [-0.39, 0.29) is 5.76 Å². The molecule has 5 heteroatoms. The minimum atomic E-state index is -0.449. The van der Waals surface area contributed by atoms with Gasteiger partial charge in [-0.15, -0.1) is 0 Å². The molecule has 0 bridgehead atoms. The van der Waals surface area contributed by atoms with Crippen LogP contribution in [-0.4, -0.2) is 19.7 Å². The highest BCUT2D eigenvalue weighted by atomic mass is 16.5. The Morgan fingerprint density at radius 1 is 1.16 bits per heavy atom. The monoisotopic (exact) mass is 339 g/mol. The van der Waals surface area contributed by atoms with Gasteiger partial charge in [-0.2, -0.15) is 0 Å². The molecule has 1 N–H and O–H groups in total. The molecule has 0 aliphatic carbocycles. The molecule has 2 aromatic carbocycles. The number of esters is 1. The number of rotatable bonds is 6. The van der Waals surface area contributed by atoms with Gasteiger partial charge in [-0.05, 0) is 31.5 Å². The molecule has 0 fully saturated rings. The number of benzene rings is 2. The van der Waals surface area contributed by atoms with Crippen molar-refractivity contribution in [1.29, 1.82) is 0 Å². The Morgan fingerprint density at radius 2 is 1.96 bits per heavy atom. The summed E-state index contributed by atoms with van der Waals surface area (Å²) in [5.41, 5.74) is 3.32. The number of fused-ring (bicyclic) bond motifs is 1. The molecular weight excluding hydrogens is 318 g/mol. The number of para-hydroxylation sites is 3. The highest BCUT2D eigenvalue weighted by Gasteiger charge is 2.22. The number of ether oxygens (including phenoxy) is 2. The first-order valence-electron chi connectivity index (χ1n) is 8.20. The predicted molar refractivity (Wildman–Crippen MR) is 97.2 cm³/mol. The molecule has 0 atom stereocenters. The first-order valence-corrected chi connectivity index (χ1v) is 8.20. The lowest BCUT2D eigenvalue weighted by Crippen LogP contribution is -2.09. The minimum absolute atomic E-state index is 0.244. The summed E-state index contributed by atoms with van der Waals surface area (Å²) in [5, 5.41) is 4.23. The lowest BCUT2D eigenvalue weighted by Gasteiger charge is -2.11. The van der Waals surface area contributed by atoms with Gasteiger partial charge in [0.05, 0.1) is 19.4 Å². The van der Waals surface area contributed by atoms with Crippen LogP contribution >= 0.6 is 0 Å². The van der Waals surface area contributed by atoms with Crippen molar-refractivity contribution in [3.63, 3.8) is 0 Å². The number of anilines is 1. The molecular formula is C20H21NO4. The predicted octanol–water partition coefficient (Wildman–Crippen LogP) is 4.54. The number of nitrogens with one attached hydrogen (secondary N) is 1. The molecule has 3 aromatic rings. The summed E-state index contributed by atoms with van der Waals surface area (Å²) >= 11 is 0. The molecule has 0 aliphatic heterocycles. The molecule has 5 nitrogen and oxygen atoms in total. The topological polar surface area (TPSA) is 60.7 Å². The maximum atomic E-state index is 12.3. The fourth-order valence-electron chi connectivity index (χ4n) is 2.82. The van der Waals surface area contributed by atoms with Crippen molar-refractivity contribution in [2.75, 3.05) is 19.0 Å². The molecule has 0 amide bonds. The molecule has 0 radical (unpaired) electrons. The normalized spacial score (nSPS) is 10.7. The van der Waals surface area contributed by atoms with Crippen LogP contribution in [0.15, 0.2) is 46.9 Å². The quantitative estimate of drug-likeness (QED) is 0.668. The molecule has 130 valence electrons. The van der Waals surface area contributed by atoms with Crippen molar-refractivity contribution in [2.24, 2.45) is 0 Å². The Hall–Kier alpha value is -2.95. The summed E-state index contributed by atoms with van der Waals surface area (Å²) in [6.07, 6.45) is 0. The van der Waals surface area contributed by atoms with Crippen molar-refractivity contribution in [3.8, 4) is 5.75 Å². The Balaban J connectivity index is 2.00. The molecule has 25 heavy (non-hydrogen) atoms. The van der Waals surface area contributed by atoms with Crippen molar-refractivity contribution in [2.45, 2.75) is 20.4 Å². The van der Waals surface area contributed by atoms with Gasteiger partial charge >= 0.3 is 5.97 Å². The van der Waals surface area contributed by atoms with E-state index in [4.69, 9.17) is 13.9 Å². The number of methoxy groups -OCH3 is 1. The molecule has 3 rings (SSSR count). The smallest absolute Gasteiger partial charge is 0.374 e. The number of carbonyl (C=O) groups is 1. The van der Waals surface area contributed by atoms with E-state index in [0.29, 0.717) is 18.7 Å². The van der Waals surface area contributed by atoms with Crippen LogP contribution in [0.5, 0.6) is 5.75 Å². The van der Waals surface area contributed by atoms with E-state index >= 15 is 0 Å². The average molecular weight is 339 g/mol. The lowest BCUT2D eigenvalue weighted by molar-refractivity contribution is 0.0491. The molecule has 0 aliphatic rings. The van der Waals surface area contributed by atoms with E-state index in [1.165, 1.54) is 0 Å². The second-order valence-corrected chi connectivity index (χ2v) is 5.64. The SMILES string of the molecule is CCOC(=O)c1oc2c(C)cccc2c1CNc1ccccc1OC. The minimum Gasteiger partial charge on any atom is -0.495 e. The van der Waals surface area contributed by atoms with E-state index in [0.717, 1.165) is 28.0 Å². The van der Waals surface area contributed by atoms with E-state index in [2.05, 4.69) is 5.32 Å². The average Bonchev–Trinajstić information content (AvgIpc) is 3.00. The molecule has 1 heterocycles. The van der Waals surface area contributed by atoms with Crippen molar-refractivity contribution < 1.29 is 18.7 Å². The number of aryl methyl sites for hydroxylation is 1. The third kappa shape index (κ3) is 3.31. The summed E-state index contributed by atoms with van der Waals surface area (Å²) < 4.78 is 16.4. The maximum absolute atomic E-state index is 12.3. The maximum Gasteiger partial charge on any atom is 0.374 e. The molecule has 1 aromatic heterocycles. The van der Waals surface area contributed by atoms with Crippen LogP contribution in [0.2, 0.25) is 0 Å². The zero-order valence-corrected chi connectivity index (χ0v) is 14.6. The standard InChI is InChI=1S/C20H21NO4/c1-4-24-20(22)19-15(14-9-7-8-13(2)18(14)25-19)12-21-16-10-5-6-11-17(16)23-3/h5-11,21H,4,12H2,1-3H3. The second kappa shape index (κ2) is 7.30. The van der Waals surface area contributed by atoms with Crippen molar-refractivity contribution >= 4 is 22.6 Å². The second-order valence-electron chi connectivity index (χ2n) is 5.64. The number of carbonyl (C=O) groups excluding carboxylic acids is 1. The molecule has 0 unspecified atom stereocenters. The largest absolute Gasteiger partial charge is 0.495 e. The Kier molecular flexibility index (Phi) is 4.93. The summed E-state index contributed by atoms with van der Waals surface area (Å²) in [6.45, 7) is 4.45. The fraction of sp³-hybridized carbons (Fsp3) is 0.250. The van der Waals surface area contributed by atoms with Gasteiger partial charge in [-0.25, -0.2) is 4.79 Å².